The summed E-state index contributed by atoms with van der Waals surface area (Å²) in [6, 6.07) is 9.87. The summed E-state index contributed by atoms with van der Waals surface area (Å²) in [6.07, 6.45) is 2.03. The average molecular weight is 296 g/mol. The third-order valence-electron chi connectivity index (χ3n) is 1.90. The maximum Gasteiger partial charge on any atom is 2.00 e. The first-order valence-corrected chi connectivity index (χ1v) is 5.30. The molecule has 0 saturated carbocycles. The molecule has 104 valence electrons. The number of esters is 1. The largest absolute Gasteiger partial charge is 2.00 e. The summed E-state index contributed by atoms with van der Waals surface area (Å²) in [5.41, 5.74) is 1.07. The summed E-state index contributed by atoms with van der Waals surface area (Å²) < 4.78 is 4.79. The molecule has 1 aromatic carbocycles. The third-order valence-corrected chi connectivity index (χ3v) is 1.90. The number of halogens is 1. The third kappa shape index (κ3) is 17.3. The van der Waals surface area contributed by atoms with Crippen molar-refractivity contribution in [2.45, 2.75) is 26.4 Å². The minimum absolute atomic E-state index is 0. The SMILES string of the molecule is C=CC(=O)OC(C)CC.N.[CH2-]c1ccccc1.[Cl-].[Mg+2]. The van der Waals surface area contributed by atoms with Crippen LogP contribution < -0.4 is 18.6 Å². The minimum atomic E-state index is -0.343. The molecule has 5 heteroatoms. The fraction of sp³-hybridized carbons (Fsp3) is 0.286. The van der Waals surface area contributed by atoms with Crippen LogP contribution in [0.15, 0.2) is 43.0 Å². The quantitative estimate of drug-likeness (QED) is 0.374. The second kappa shape index (κ2) is 17.3. The number of carbonyl (C=O) groups is 1. The molecule has 1 aromatic rings. The van der Waals surface area contributed by atoms with Crippen LogP contribution in [0, 0.1) is 6.92 Å². The van der Waals surface area contributed by atoms with Crippen molar-refractivity contribution in [2.75, 3.05) is 0 Å². The Hall–Kier alpha value is -0.684. The van der Waals surface area contributed by atoms with Crippen LogP contribution in [0.1, 0.15) is 25.8 Å². The Balaban J connectivity index is -0.000000104. The minimum Gasteiger partial charge on any atom is -1.00 e. The Kier molecular flexibility index (Phi) is 24.4. The van der Waals surface area contributed by atoms with Gasteiger partial charge in [0.15, 0.2) is 0 Å². The molecule has 1 atom stereocenters. The van der Waals surface area contributed by atoms with Crippen molar-refractivity contribution in [1.29, 1.82) is 0 Å². The number of benzene rings is 1. The van der Waals surface area contributed by atoms with Crippen LogP contribution in [-0.4, -0.2) is 35.1 Å². The molecule has 0 aliphatic heterocycles. The van der Waals surface area contributed by atoms with Crippen molar-refractivity contribution in [2.24, 2.45) is 0 Å². The standard InChI is InChI=1S/C7H12O2.C7H7.ClH.Mg.H3N/c1-4-6(3)9-7(8)5-2;1-7-5-3-2-4-6-7;;;/h5-6H,2,4H2,1,3H3;2-6H,1H2;1H;;1H3/q;-1;;+2;/p-1. The monoisotopic (exact) mass is 295 g/mol. The van der Waals surface area contributed by atoms with E-state index in [0.717, 1.165) is 12.0 Å². The molecule has 1 rings (SSSR count). The summed E-state index contributed by atoms with van der Waals surface area (Å²) in [5.74, 6) is -0.343. The van der Waals surface area contributed by atoms with E-state index in [0.29, 0.717) is 0 Å². The van der Waals surface area contributed by atoms with Gasteiger partial charge in [0, 0.05) is 6.08 Å². The van der Waals surface area contributed by atoms with E-state index >= 15 is 0 Å². The van der Waals surface area contributed by atoms with Crippen molar-refractivity contribution < 1.29 is 21.9 Å². The summed E-state index contributed by atoms with van der Waals surface area (Å²) in [5, 5.41) is 0. The molecule has 0 bridgehead atoms. The molecule has 0 aliphatic carbocycles. The van der Waals surface area contributed by atoms with E-state index in [1.54, 1.807) is 0 Å². The maximum absolute atomic E-state index is 10.4. The van der Waals surface area contributed by atoms with E-state index in [4.69, 9.17) is 4.74 Å². The number of ether oxygens (including phenoxy) is 1. The van der Waals surface area contributed by atoms with E-state index in [1.807, 2.05) is 44.2 Å². The van der Waals surface area contributed by atoms with Crippen LogP contribution in [0.2, 0.25) is 0 Å². The summed E-state index contributed by atoms with van der Waals surface area (Å²) in [6.45, 7) is 10.8. The van der Waals surface area contributed by atoms with Gasteiger partial charge in [-0.3, -0.25) is 0 Å². The average Bonchev–Trinajstić information content (AvgIpc) is 2.30. The van der Waals surface area contributed by atoms with Crippen LogP contribution in [0.3, 0.4) is 0 Å². The molecular formula is C14H22ClMgNO2. The molecule has 0 amide bonds. The van der Waals surface area contributed by atoms with Crippen molar-refractivity contribution in [3.8, 4) is 0 Å². The molecule has 0 aliphatic rings. The van der Waals surface area contributed by atoms with Crippen molar-refractivity contribution in [1.82, 2.24) is 6.15 Å². The Morgan fingerprint density at radius 2 is 1.89 bits per heavy atom. The molecular weight excluding hydrogens is 274 g/mol. The Morgan fingerprint density at radius 1 is 1.42 bits per heavy atom. The second-order valence-corrected chi connectivity index (χ2v) is 3.35. The number of carbonyl (C=O) groups excluding carboxylic acids is 1. The smallest absolute Gasteiger partial charge is 1.00 e. The maximum atomic E-state index is 10.4. The molecule has 19 heavy (non-hydrogen) atoms. The van der Waals surface area contributed by atoms with Crippen LogP contribution in [0.25, 0.3) is 0 Å². The number of rotatable bonds is 3. The van der Waals surface area contributed by atoms with Crippen LogP contribution >= 0.6 is 0 Å². The van der Waals surface area contributed by atoms with Crippen LogP contribution in [0.4, 0.5) is 0 Å². The van der Waals surface area contributed by atoms with Crippen LogP contribution in [-0.2, 0) is 9.53 Å². The van der Waals surface area contributed by atoms with Gasteiger partial charge in [-0.15, -0.1) is 12.1 Å². The fourth-order valence-electron chi connectivity index (χ4n) is 0.808. The van der Waals surface area contributed by atoms with Crippen molar-refractivity contribution in [3.63, 3.8) is 0 Å². The van der Waals surface area contributed by atoms with Gasteiger partial charge in [-0.25, -0.2) is 4.79 Å². The number of hydrogen-bond donors (Lipinski definition) is 1. The zero-order valence-electron chi connectivity index (χ0n) is 11.8. The van der Waals surface area contributed by atoms with Gasteiger partial charge in [-0.1, -0.05) is 19.6 Å². The van der Waals surface area contributed by atoms with E-state index < -0.39 is 0 Å². The van der Waals surface area contributed by atoms with Gasteiger partial charge in [0.05, 0.1) is 6.10 Å². The van der Waals surface area contributed by atoms with Gasteiger partial charge in [0.1, 0.15) is 0 Å². The van der Waals surface area contributed by atoms with Gasteiger partial charge in [0.2, 0.25) is 0 Å². The van der Waals surface area contributed by atoms with E-state index in [1.165, 1.54) is 6.08 Å². The molecule has 3 N–H and O–H groups in total. The normalized spacial score (nSPS) is 8.95. The topological polar surface area (TPSA) is 61.3 Å². The summed E-state index contributed by atoms with van der Waals surface area (Å²) >= 11 is 0. The number of hydrogen-bond acceptors (Lipinski definition) is 3. The Labute approximate surface area is 139 Å². The molecule has 0 heterocycles. The van der Waals surface area contributed by atoms with Gasteiger partial charge in [0.25, 0.3) is 0 Å². The van der Waals surface area contributed by atoms with E-state index in [2.05, 4.69) is 13.5 Å². The summed E-state index contributed by atoms with van der Waals surface area (Å²) in [7, 11) is 0. The molecule has 0 radical (unpaired) electrons. The second-order valence-electron chi connectivity index (χ2n) is 3.35. The fourth-order valence-corrected chi connectivity index (χ4v) is 0.808. The van der Waals surface area contributed by atoms with Crippen molar-refractivity contribution >= 4 is 29.0 Å². The molecule has 0 saturated heterocycles. The molecule has 3 nitrogen and oxygen atoms in total. The molecule has 0 aromatic heterocycles. The Morgan fingerprint density at radius 3 is 2.16 bits per heavy atom. The van der Waals surface area contributed by atoms with Crippen LogP contribution in [0.5, 0.6) is 0 Å². The van der Waals surface area contributed by atoms with Crippen molar-refractivity contribution in [3.05, 3.63) is 55.5 Å². The van der Waals surface area contributed by atoms with E-state index in [-0.39, 0.29) is 53.7 Å². The summed E-state index contributed by atoms with van der Waals surface area (Å²) in [4.78, 5) is 10.4. The zero-order chi connectivity index (χ0) is 12.4. The first kappa shape index (κ1) is 26.8. The Bertz CT molecular complexity index is 320. The predicted molar refractivity (Wildman–Crippen MR) is 77.7 cm³/mol. The molecule has 0 fully saturated rings. The van der Waals surface area contributed by atoms with Gasteiger partial charge >= 0.3 is 29.0 Å². The van der Waals surface area contributed by atoms with Gasteiger partial charge in [-0.2, -0.15) is 24.6 Å². The predicted octanol–water partition coefficient (Wildman–Crippen LogP) is 0.168. The van der Waals surface area contributed by atoms with Gasteiger partial charge < -0.3 is 23.3 Å². The molecule has 1 unspecified atom stereocenters. The van der Waals surface area contributed by atoms with E-state index in [9.17, 15) is 4.79 Å². The van der Waals surface area contributed by atoms with Gasteiger partial charge in [-0.05, 0) is 13.3 Å². The first-order valence-electron chi connectivity index (χ1n) is 5.30. The molecule has 0 spiro atoms. The zero-order valence-corrected chi connectivity index (χ0v) is 13.9. The first-order chi connectivity index (χ1) is 7.60.